The Balaban J connectivity index is 1.97. The fourth-order valence-corrected chi connectivity index (χ4v) is 2.40. The minimum atomic E-state index is -0.114. The minimum Gasteiger partial charge on any atom is -0.497 e. The Morgan fingerprint density at radius 2 is 2.20 bits per heavy atom. The number of carbonyl (C=O) groups is 1. The van der Waals surface area contributed by atoms with Crippen molar-refractivity contribution >= 4 is 5.91 Å². The summed E-state index contributed by atoms with van der Waals surface area (Å²) in [5.74, 6) is 1.09. The molecule has 1 fully saturated rings. The van der Waals surface area contributed by atoms with Crippen LogP contribution >= 0.6 is 0 Å². The van der Waals surface area contributed by atoms with Gasteiger partial charge < -0.3 is 20.1 Å². The summed E-state index contributed by atoms with van der Waals surface area (Å²) in [6, 6.07) is 5.57. The van der Waals surface area contributed by atoms with Crippen molar-refractivity contribution < 1.29 is 14.3 Å². The van der Waals surface area contributed by atoms with Crippen LogP contribution in [0.1, 0.15) is 29.6 Å². The fraction of sp³-hybridized carbons (Fsp3) is 0.533. The Morgan fingerprint density at radius 1 is 1.35 bits per heavy atom. The Hall–Kier alpha value is -1.75. The van der Waals surface area contributed by atoms with Crippen molar-refractivity contribution in [1.82, 2.24) is 10.6 Å². The molecule has 1 amide bonds. The van der Waals surface area contributed by atoms with Gasteiger partial charge in [0.2, 0.25) is 0 Å². The van der Waals surface area contributed by atoms with Gasteiger partial charge in [0.1, 0.15) is 11.5 Å². The Kier molecular flexibility index (Phi) is 5.24. The van der Waals surface area contributed by atoms with Crippen LogP contribution in [0.2, 0.25) is 0 Å². The van der Waals surface area contributed by atoms with E-state index in [9.17, 15) is 4.79 Å². The predicted octanol–water partition coefficient (Wildman–Crippen LogP) is 1.58. The lowest BCUT2D eigenvalue weighted by molar-refractivity contribution is 0.0944. The quantitative estimate of drug-likeness (QED) is 0.858. The highest BCUT2D eigenvalue weighted by Gasteiger charge is 2.16. The molecule has 20 heavy (non-hydrogen) atoms. The highest BCUT2D eigenvalue weighted by atomic mass is 16.5. The summed E-state index contributed by atoms with van der Waals surface area (Å²) < 4.78 is 10.4. The second kappa shape index (κ2) is 7.14. The predicted molar refractivity (Wildman–Crippen MR) is 77.5 cm³/mol. The number of nitrogens with one attached hydrogen (secondary N) is 2. The molecule has 2 rings (SSSR count). The van der Waals surface area contributed by atoms with Crippen LogP contribution in [-0.2, 0) is 0 Å². The average Bonchev–Trinajstić information content (AvgIpc) is 2.52. The SMILES string of the molecule is COc1ccc(C(=O)NCC2CCCCN2)c(OC)c1. The van der Waals surface area contributed by atoms with Gasteiger partial charge in [0, 0.05) is 18.7 Å². The van der Waals surface area contributed by atoms with E-state index in [-0.39, 0.29) is 5.91 Å². The lowest BCUT2D eigenvalue weighted by Gasteiger charge is -2.23. The largest absolute Gasteiger partial charge is 0.497 e. The van der Waals surface area contributed by atoms with Gasteiger partial charge in [-0.25, -0.2) is 0 Å². The zero-order valence-electron chi connectivity index (χ0n) is 12.1. The summed E-state index contributed by atoms with van der Waals surface area (Å²) in [6.07, 6.45) is 3.55. The zero-order valence-corrected chi connectivity index (χ0v) is 12.1. The Morgan fingerprint density at radius 3 is 2.85 bits per heavy atom. The van der Waals surface area contributed by atoms with Gasteiger partial charge >= 0.3 is 0 Å². The standard InChI is InChI=1S/C15H22N2O3/c1-19-12-6-7-13(14(9-12)20-2)15(18)17-10-11-5-3-4-8-16-11/h6-7,9,11,16H,3-5,8,10H2,1-2H3,(H,17,18). The number of hydrogen-bond acceptors (Lipinski definition) is 4. The van der Waals surface area contributed by atoms with Gasteiger partial charge in [0.05, 0.1) is 19.8 Å². The van der Waals surface area contributed by atoms with Crippen molar-refractivity contribution in [2.45, 2.75) is 25.3 Å². The van der Waals surface area contributed by atoms with Crippen LogP contribution in [0.15, 0.2) is 18.2 Å². The summed E-state index contributed by atoms with van der Waals surface area (Å²) in [4.78, 5) is 12.2. The molecule has 5 heteroatoms. The molecule has 1 aliphatic heterocycles. The highest BCUT2D eigenvalue weighted by molar-refractivity contribution is 5.97. The maximum atomic E-state index is 12.2. The number of methoxy groups -OCH3 is 2. The average molecular weight is 278 g/mol. The summed E-state index contributed by atoms with van der Waals surface area (Å²) in [6.45, 7) is 1.68. The van der Waals surface area contributed by atoms with E-state index >= 15 is 0 Å². The molecule has 0 bridgehead atoms. The topological polar surface area (TPSA) is 59.6 Å². The van der Waals surface area contributed by atoms with E-state index in [1.165, 1.54) is 12.8 Å². The van der Waals surface area contributed by atoms with Gasteiger partial charge in [-0.05, 0) is 31.5 Å². The molecule has 1 aromatic carbocycles. The van der Waals surface area contributed by atoms with E-state index in [4.69, 9.17) is 9.47 Å². The number of carbonyl (C=O) groups excluding carboxylic acids is 1. The van der Waals surface area contributed by atoms with Crippen molar-refractivity contribution in [2.24, 2.45) is 0 Å². The van der Waals surface area contributed by atoms with Crippen LogP contribution in [0.4, 0.5) is 0 Å². The zero-order chi connectivity index (χ0) is 14.4. The van der Waals surface area contributed by atoms with Gasteiger partial charge in [-0.3, -0.25) is 4.79 Å². The molecule has 110 valence electrons. The third kappa shape index (κ3) is 3.63. The molecule has 1 aromatic rings. The normalized spacial score (nSPS) is 18.4. The van der Waals surface area contributed by atoms with Gasteiger partial charge in [-0.1, -0.05) is 6.42 Å². The first-order valence-corrected chi connectivity index (χ1v) is 6.98. The number of ether oxygens (including phenoxy) is 2. The van der Waals surface area contributed by atoms with E-state index in [2.05, 4.69) is 10.6 Å². The third-order valence-electron chi connectivity index (χ3n) is 3.57. The first-order valence-electron chi connectivity index (χ1n) is 6.98. The van der Waals surface area contributed by atoms with E-state index in [1.807, 2.05) is 0 Å². The summed E-state index contributed by atoms with van der Waals surface area (Å²) in [5, 5.41) is 6.37. The van der Waals surface area contributed by atoms with E-state index < -0.39 is 0 Å². The second-order valence-electron chi connectivity index (χ2n) is 4.92. The van der Waals surface area contributed by atoms with Crippen LogP contribution in [0.5, 0.6) is 11.5 Å². The van der Waals surface area contributed by atoms with Crippen molar-refractivity contribution in [2.75, 3.05) is 27.3 Å². The number of hydrogen-bond donors (Lipinski definition) is 2. The van der Waals surface area contributed by atoms with Crippen LogP contribution < -0.4 is 20.1 Å². The number of piperidine rings is 1. The molecule has 1 saturated heterocycles. The van der Waals surface area contributed by atoms with Crippen LogP contribution in [0.3, 0.4) is 0 Å². The smallest absolute Gasteiger partial charge is 0.255 e. The van der Waals surface area contributed by atoms with Gasteiger partial charge in [0.15, 0.2) is 0 Å². The lowest BCUT2D eigenvalue weighted by atomic mass is 10.0. The Bertz CT molecular complexity index is 456. The molecule has 0 spiro atoms. The minimum absolute atomic E-state index is 0.114. The molecular weight excluding hydrogens is 256 g/mol. The van der Waals surface area contributed by atoms with Gasteiger partial charge in [-0.2, -0.15) is 0 Å². The molecule has 0 aromatic heterocycles. The maximum Gasteiger partial charge on any atom is 0.255 e. The summed E-state index contributed by atoms with van der Waals surface area (Å²) in [5.41, 5.74) is 0.532. The summed E-state index contributed by atoms with van der Waals surface area (Å²) >= 11 is 0. The molecule has 1 aliphatic rings. The van der Waals surface area contributed by atoms with Crippen molar-refractivity contribution in [3.05, 3.63) is 23.8 Å². The van der Waals surface area contributed by atoms with Gasteiger partial charge in [-0.15, -0.1) is 0 Å². The van der Waals surface area contributed by atoms with Crippen molar-refractivity contribution in [3.8, 4) is 11.5 Å². The van der Waals surface area contributed by atoms with E-state index in [0.29, 0.717) is 29.6 Å². The molecule has 1 heterocycles. The van der Waals surface area contributed by atoms with Gasteiger partial charge in [0.25, 0.3) is 5.91 Å². The van der Waals surface area contributed by atoms with Crippen molar-refractivity contribution in [1.29, 1.82) is 0 Å². The third-order valence-corrected chi connectivity index (χ3v) is 3.57. The molecule has 2 N–H and O–H groups in total. The van der Waals surface area contributed by atoms with E-state index in [0.717, 1.165) is 13.0 Å². The Labute approximate surface area is 119 Å². The molecule has 1 unspecified atom stereocenters. The number of benzene rings is 1. The van der Waals surface area contributed by atoms with Crippen molar-refractivity contribution in [3.63, 3.8) is 0 Å². The fourth-order valence-electron chi connectivity index (χ4n) is 2.40. The highest BCUT2D eigenvalue weighted by Crippen LogP contribution is 2.24. The number of rotatable bonds is 5. The van der Waals surface area contributed by atoms with Crippen LogP contribution in [0.25, 0.3) is 0 Å². The number of amides is 1. The first kappa shape index (κ1) is 14.7. The maximum absolute atomic E-state index is 12.2. The summed E-state index contributed by atoms with van der Waals surface area (Å²) in [7, 11) is 3.14. The molecule has 0 radical (unpaired) electrons. The lowest BCUT2D eigenvalue weighted by Crippen LogP contribution is -2.43. The monoisotopic (exact) mass is 278 g/mol. The molecule has 0 aliphatic carbocycles. The molecule has 5 nitrogen and oxygen atoms in total. The molecule has 0 saturated carbocycles. The van der Waals surface area contributed by atoms with E-state index in [1.54, 1.807) is 32.4 Å². The molecule has 1 atom stereocenters. The molecular formula is C15H22N2O3. The van der Waals surface area contributed by atoms with Crippen LogP contribution in [-0.4, -0.2) is 39.3 Å². The first-order chi connectivity index (χ1) is 9.74. The van der Waals surface area contributed by atoms with Crippen LogP contribution in [0, 0.1) is 0 Å². The second-order valence-corrected chi connectivity index (χ2v) is 4.92.